The Kier molecular flexibility index (Phi) is 8.87. The van der Waals surface area contributed by atoms with Crippen molar-refractivity contribution in [3.05, 3.63) is 45.9 Å². The number of rotatable bonds is 6. The van der Waals surface area contributed by atoms with E-state index in [1.807, 2.05) is 13.1 Å². The topological polar surface area (TPSA) is 52.6 Å². The lowest BCUT2D eigenvalue weighted by molar-refractivity contribution is 0.576. The molecule has 1 unspecified atom stereocenters. The van der Waals surface area contributed by atoms with E-state index in [0.717, 1.165) is 24.4 Å². The third-order valence-corrected chi connectivity index (χ3v) is 5.58. The second-order valence-electron chi connectivity index (χ2n) is 6.42. The fourth-order valence-electron chi connectivity index (χ4n) is 3.12. The smallest absolute Gasteiger partial charge is 0.191 e. The second-order valence-corrected chi connectivity index (χ2v) is 7.61. The molecule has 2 N–H and O–H groups in total. The largest absolute Gasteiger partial charge is 0.365 e. The maximum absolute atomic E-state index is 14.0. The molecular formula is C19H26F2IN5S. The highest BCUT2D eigenvalue weighted by atomic mass is 127. The number of thiazole rings is 1. The van der Waals surface area contributed by atoms with Gasteiger partial charge in [0, 0.05) is 36.8 Å². The van der Waals surface area contributed by atoms with Crippen molar-refractivity contribution in [3.63, 3.8) is 0 Å². The molecule has 0 amide bonds. The molecule has 154 valence electrons. The number of nitrogens with one attached hydrogen (secondary N) is 2. The number of para-hydroxylation sites is 1. The normalized spacial score (nSPS) is 16.8. The third kappa shape index (κ3) is 5.76. The third-order valence-electron chi connectivity index (χ3n) is 4.45. The molecule has 0 aliphatic carbocycles. The maximum Gasteiger partial charge on any atom is 0.191 e. The van der Waals surface area contributed by atoms with Gasteiger partial charge in [-0.2, -0.15) is 0 Å². The van der Waals surface area contributed by atoms with Crippen molar-refractivity contribution < 1.29 is 8.78 Å². The number of hydrogen-bond acceptors (Lipinski definition) is 4. The molecule has 0 spiro atoms. The summed E-state index contributed by atoms with van der Waals surface area (Å²) >= 11 is 1.67. The molecule has 0 saturated carbocycles. The van der Waals surface area contributed by atoms with Crippen molar-refractivity contribution in [2.24, 2.45) is 4.99 Å². The molecule has 1 fully saturated rings. The van der Waals surface area contributed by atoms with Gasteiger partial charge in [-0.05, 0) is 31.9 Å². The summed E-state index contributed by atoms with van der Waals surface area (Å²) in [5.41, 5.74) is 0.0543. The van der Waals surface area contributed by atoms with Crippen molar-refractivity contribution in [3.8, 4) is 0 Å². The number of anilines is 1. The first-order valence-corrected chi connectivity index (χ1v) is 10.1. The number of guanidine groups is 1. The van der Waals surface area contributed by atoms with Crippen LogP contribution in [0.15, 0.2) is 29.4 Å². The van der Waals surface area contributed by atoms with Gasteiger partial charge in [-0.25, -0.2) is 18.8 Å². The Morgan fingerprint density at radius 3 is 2.71 bits per heavy atom. The van der Waals surface area contributed by atoms with Crippen LogP contribution in [-0.2, 0) is 13.0 Å². The predicted octanol–water partition coefficient (Wildman–Crippen LogP) is 3.94. The van der Waals surface area contributed by atoms with Crippen molar-refractivity contribution in [1.29, 1.82) is 0 Å². The van der Waals surface area contributed by atoms with Crippen LogP contribution in [0.2, 0.25) is 0 Å². The summed E-state index contributed by atoms with van der Waals surface area (Å²) in [6.07, 6.45) is 3.66. The average Bonchev–Trinajstić information content (AvgIpc) is 3.29. The van der Waals surface area contributed by atoms with Crippen molar-refractivity contribution in [1.82, 2.24) is 15.6 Å². The maximum atomic E-state index is 14.0. The zero-order chi connectivity index (χ0) is 19.2. The van der Waals surface area contributed by atoms with Gasteiger partial charge < -0.3 is 15.5 Å². The van der Waals surface area contributed by atoms with E-state index in [2.05, 4.69) is 27.5 Å². The summed E-state index contributed by atoms with van der Waals surface area (Å²) < 4.78 is 28.0. The molecule has 0 radical (unpaired) electrons. The van der Waals surface area contributed by atoms with Crippen LogP contribution in [0.3, 0.4) is 0 Å². The first-order valence-electron chi connectivity index (χ1n) is 9.28. The van der Waals surface area contributed by atoms with Crippen molar-refractivity contribution in [2.45, 2.75) is 39.3 Å². The summed E-state index contributed by atoms with van der Waals surface area (Å²) in [5.74, 6) is -0.343. The lowest BCUT2D eigenvalue weighted by Crippen LogP contribution is -2.44. The number of benzene rings is 1. The highest BCUT2D eigenvalue weighted by Crippen LogP contribution is 2.26. The van der Waals surface area contributed by atoms with E-state index in [1.54, 1.807) is 16.2 Å². The number of hydrogen-bond donors (Lipinski definition) is 2. The first-order chi connectivity index (χ1) is 13.1. The molecular weight excluding hydrogens is 495 g/mol. The average molecular weight is 521 g/mol. The van der Waals surface area contributed by atoms with Gasteiger partial charge in [0.25, 0.3) is 0 Å². The molecule has 1 saturated heterocycles. The van der Waals surface area contributed by atoms with Crippen LogP contribution in [0.1, 0.15) is 30.2 Å². The molecule has 3 rings (SSSR count). The zero-order valence-electron chi connectivity index (χ0n) is 16.0. The number of halogens is 3. The molecule has 2 heterocycles. The van der Waals surface area contributed by atoms with E-state index >= 15 is 0 Å². The van der Waals surface area contributed by atoms with Gasteiger partial charge in [0.15, 0.2) is 5.96 Å². The number of aliphatic imine (C=N–C) groups is 1. The minimum absolute atomic E-state index is 0. The zero-order valence-corrected chi connectivity index (χ0v) is 19.2. The lowest BCUT2D eigenvalue weighted by Gasteiger charge is -2.21. The van der Waals surface area contributed by atoms with Gasteiger partial charge in [0.2, 0.25) is 0 Å². The minimum atomic E-state index is -0.522. The van der Waals surface area contributed by atoms with Crippen molar-refractivity contribution >= 4 is 47.0 Å². The standard InChI is InChI=1S/C19H25F2N5S.HI/c1-3-14-10-23-17(27-14)11-24-19(22-4-2)25-13-8-9-26(12-13)18-15(20)6-5-7-16(18)21;/h5-7,10,13H,3-4,8-9,11-12H2,1-2H3,(H2,22,24,25);1H. The Morgan fingerprint density at radius 2 is 2.07 bits per heavy atom. The van der Waals surface area contributed by atoms with Crippen LogP contribution in [0, 0.1) is 11.6 Å². The van der Waals surface area contributed by atoms with Gasteiger partial charge in [-0.3, -0.25) is 0 Å². The summed E-state index contributed by atoms with van der Waals surface area (Å²) in [6.45, 7) is 6.49. The molecule has 1 atom stereocenters. The van der Waals surface area contributed by atoms with Crippen LogP contribution in [0.25, 0.3) is 0 Å². The molecule has 1 aliphatic heterocycles. The van der Waals surface area contributed by atoms with Gasteiger partial charge in [0.1, 0.15) is 22.3 Å². The summed E-state index contributed by atoms with van der Waals surface area (Å²) in [5, 5.41) is 7.58. The number of nitrogens with zero attached hydrogens (tertiary/aromatic N) is 3. The lowest BCUT2D eigenvalue weighted by atomic mass is 10.2. The highest BCUT2D eigenvalue weighted by molar-refractivity contribution is 14.0. The predicted molar refractivity (Wildman–Crippen MR) is 122 cm³/mol. The van der Waals surface area contributed by atoms with Gasteiger partial charge in [0.05, 0.1) is 6.54 Å². The fourth-order valence-corrected chi connectivity index (χ4v) is 3.90. The molecule has 28 heavy (non-hydrogen) atoms. The fraction of sp³-hybridized carbons (Fsp3) is 0.474. The van der Waals surface area contributed by atoms with Crippen LogP contribution in [-0.4, -0.2) is 36.6 Å². The second kappa shape index (κ2) is 10.9. The van der Waals surface area contributed by atoms with E-state index in [-0.39, 0.29) is 35.7 Å². The molecule has 1 aromatic heterocycles. The molecule has 2 aromatic rings. The van der Waals surface area contributed by atoms with Crippen LogP contribution in [0.4, 0.5) is 14.5 Å². The Labute approximate surface area is 185 Å². The van der Waals surface area contributed by atoms with E-state index in [1.165, 1.54) is 23.1 Å². The molecule has 1 aromatic carbocycles. The highest BCUT2D eigenvalue weighted by Gasteiger charge is 2.27. The van der Waals surface area contributed by atoms with E-state index in [0.29, 0.717) is 25.6 Å². The molecule has 1 aliphatic rings. The van der Waals surface area contributed by atoms with Crippen LogP contribution < -0.4 is 15.5 Å². The Morgan fingerprint density at radius 1 is 1.32 bits per heavy atom. The molecule has 0 bridgehead atoms. The van der Waals surface area contributed by atoms with Crippen molar-refractivity contribution in [2.75, 3.05) is 24.5 Å². The van der Waals surface area contributed by atoms with E-state index < -0.39 is 11.6 Å². The SMILES string of the molecule is CCNC(=NCc1ncc(CC)s1)NC1CCN(c2c(F)cccc2F)C1.I. The monoisotopic (exact) mass is 521 g/mol. The molecule has 9 heteroatoms. The van der Waals surface area contributed by atoms with E-state index in [9.17, 15) is 8.78 Å². The summed E-state index contributed by atoms with van der Waals surface area (Å²) in [6, 6.07) is 4.05. The summed E-state index contributed by atoms with van der Waals surface area (Å²) in [4.78, 5) is 12.0. The number of aryl methyl sites for hydroxylation is 1. The first kappa shape index (κ1) is 22.8. The Hall–Kier alpha value is -1.49. The van der Waals surface area contributed by atoms with Gasteiger partial charge in [-0.15, -0.1) is 35.3 Å². The van der Waals surface area contributed by atoms with Crippen LogP contribution >= 0.6 is 35.3 Å². The van der Waals surface area contributed by atoms with E-state index in [4.69, 9.17) is 0 Å². The Balaban J connectivity index is 0.00000280. The minimum Gasteiger partial charge on any atom is -0.365 e. The number of aromatic nitrogens is 1. The Bertz CT molecular complexity index is 778. The van der Waals surface area contributed by atoms with Gasteiger partial charge in [-0.1, -0.05) is 13.0 Å². The summed E-state index contributed by atoms with van der Waals surface area (Å²) in [7, 11) is 0. The molecule has 5 nitrogen and oxygen atoms in total. The van der Waals surface area contributed by atoms with Crippen LogP contribution in [0.5, 0.6) is 0 Å². The van der Waals surface area contributed by atoms with Gasteiger partial charge >= 0.3 is 0 Å². The quantitative estimate of drug-likeness (QED) is 0.344.